The summed E-state index contributed by atoms with van der Waals surface area (Å²) in [6.07, 6.45) is 0.768. The number of hydrogen-bond acceptors (Lipinski definition) is 6. The Bertz CT molecular complexity index is 511. The van der Waals surface area contributed by atoms with E-state index in [4.69, 9.17) is 9.47 Å². The second kappa shape index (κ2) is 6.72. The van der Waals surface area contributed by atoms with Crippen molar-refractivity contribution in [2.75, 3.05) is 20.3 Å². The Morgan fingerprint density at radius 3 is 2.91 bits per heavy atom. The molecule has 0 radical (unpaired) electrons. The first-order chi connectivity index (χ1) is 10.3. The highest BCUT2D eigenvalue weighted by atomic mass is 16.5. The Morgan fingerprint density at radius 2 is 2.32 bits per heavy atom. The van der Waals surface area contributed by atoms with Crippen LogP contribution in [0.15, 0.2) is 6.20 Å². The Hall–Kier alpha value is -1.51. The van der Waals surface area contributed by atoms with E-state index in [2.05, 4.69) is 36.4 Å². The van der Waals surface area contributed by atoms with E-state index >= 15 is 0 Å². The molecular weight excluding hydrogens is 288 g/mol. The summed E-state index contributed by atoms with van der Waals surface area (Å²) in [6, 6.07) is -0.482. The highest BCUT2D eigenvalue weighted by Gasteiger charge is 2.37. The molecule has 0 bridgehead atoms. The number of carbonyl (C=O) groups is 1. The Kier molecular flexibility index (Phi) is 5.15. The molecule has 2 rings (SSSR count). The molecule has 3 atom stereocenters. The largest absolute Gasteiger partial charge is 0.388 e. The number of aliphatic hydroxyl groups excluding tert-OH is 1. The van der Waals surface area contributed by atoms with Crippen molar-refractivity contribution in [3.63, 3.8) is 0 Å². The van der Waals surface area contributed by atoms with Gasteiger partial charge in [-0.05, 0) is 0 Å². The zero-order valence-electron chi connectivity index (χ0n) is 13.4. The molecule has 0 saturated carbocycles. The van der Waals surface area contributed by atoms with E-state index in [9.17, 15) is 9.90 Å². The molecule has 0 unspecified atom stereocenters. The van der Waals surface area contributed by atoms with Crippen molar-refractivity contribution < 1.29 is 19.4 Å². The molecule has 1 aromatic rings. The first-order valence-corrected chi connectivity index (χ1v) is 7.30. The molecule has 0 aromatic carbocycles. The van der Waals surface area contributed by atoms with Crippen molar-refractivity contribution in [2.24, 2.45) is 0 Å². The maximum atomic E-state index is 11.6. The van der Waals surface area contributed by atoms with Crippen LogP contribution in [0.1, 0.15) is 26.5 Å². The minimum Gasteiger partial charge on any atom is -0.388 e. The molecule has 1 aromatic heterocycles. The van der Waals surface area contributed by atoms with Gasteiger partial charge in [0.2, 0.25) is 5.91 Å². The molecule has 1 aliphatic heterocycles. The molecule has 1 saturated heterocycles. The van der Waals surface area contributed by atoms with Gasteiger partial charge in [0.1, 0.15) is 12.7 Å². The molecule has 2 heterocycles. The molecule has 8 heteroatoms. The minimum atomic E-state index is -0.739. The van der Waals surface area contributed by atoms with Gasteiger partial charge < -0.3 is 19.9 Å². The minimum absolute atomic E-state index is 0.0482. The highest BCUT2D eigenvalue weighted by molar-refractivity contribution is 5.77. The normalized spacial score (nSPS) is 25.4. The SMILES string of the molecule is COCC(=O)N[C@@H]1[C@@H](O)CO[C@@H]1Cn1cc(C(C)(C)C)nn1. The van der Waals surface area contributed by atoms with Crippen LogP contribution in [0, 0.1) is 0 Å². The average Bonchev–Trinajstić information content (AvgIpc) is 3.01. The molecule has 22 heavy (non-hydrogen) atoms. The number of ether oxygens (including phenoxy) is 2. The van der Waals surface area contributed by atoms with Gasteiger partial charge in [0.25, 0.3) is 0 Å². The molecule has 8 nitrogen and oxygen atoms in total. The predicted molar refractivity (Wildman–Crippen MR) is 78.3 cm³/mol. The van der Waals surface area contributed by atoms with Gasteiger partial charge in [0, 0.05) is 18.7 Å². The van der Waals surface area contributed by atoms with E-state index in [1.807, 2.05) is 6.20 Å². The van der Waals surface area contributed by atoms with E-state index in [-0.39, 0.29) is 30.6 Å². The summed E-state index contributed by atoms with van der Waals surface area (Å²) in [5.74, 6) is -0.281. The van der Waals surface area contributed by atoms with Gasteiger partial charge >= 0.3 is 0 Å². The van der Waals surface area contributed by atoms with Crippen LogP contribution in [0.2, 0.25) is 0 Å². The number of aromatic nitrogens is 3. The van der Waals surface area contributed by atoms with Gasteiger partial charge in [-0.2, -0.15) is 0 Å². The maximum Gasteiger partial charge on any atom is 0.246 e. The smallest absolute Gasteiger partial charge is 0.246 e. The van der Waals surface area contributed by atoms with Crippen molar-refractivity contribution in [2.45, 2.75) is 51.0 Å². The molecule has 1 amide bonds. The maximum absolute atomic E-state index is 11.6. The number of aliphatic hydroxyl groups is 1. The average molecular weight is 312 g/mol. The standard InChI is InChI=1S/C14H24N4O4/c1-14(2,3)11-6-18(17-16-11)5-10-13(9(19)7-22-10)15-12(20)8-21-4/h6,9-10,13,19H,5,7-8H2,1-4H3,(H,15,20)/t9-,10+,13+/m0/s1. The lowest BCUT2D eigenvalue weighted by Gasteiger charge is -2.21. The number of nitrogens with one attached hydrogen (secondary N) is 1. The number of carbonyl (C=O) groups excluding carboxylic acids is 1. The summed E-state index contributed by atoms with van der Waals surface area (Å²) >= 11 is 0. The number of methoxy groups -OCH3 is 1. The third-order valence-corrected chi connectivity index (χ3v) is 3.57. The van der Waals surface area contributed by atoms with Crippen molar-refractivity contribution in [1.29, 1.82) is 0 Å². The first kappa shape index (κ1) is 16.9. The van der Waals surface area contributed by atoms with Crippen LogP contribution in [-0.2, 0) is 26.2 Å². The topological polar surface area (TPSA) is 98.5 Å². The lowest BCUT2D eigenvalue weighted by Crippen LogP contribution is -2.49. The predicted octanol–water partition coefficient (Wildman–Crippen LogP) is -0.533. The lowest BCUT2D eigenvalue weighted by atomic mass is 9.93. The van der Waals surface area contributed by atoms with Crippen molar-refractivity contribution >= 4 is 5.91 Å². The van der Waals surface area contributed by atoms with Crippen LogP contribution in [0.4, 0.5) is 0 Å². The molecule has 1 fully saturated rings. The fourth-order valence-corrected chi connectivity index (χ4v) is 2.31. The first-order valence-electron chi connectivity index (χ1n) is 7.30. The number of nitrogens with zero attached hydrogens (tertiary/aromatic N) is 3. The lowest BCUT2D eigenvalue weighted by molar-refractivity contribution is -0.126. The monoisotopic (exact) mass is 312 g/mol. The third kappa shape index (κ3) is 4.02. The number of hydrogen-bond donors (Lipinski definition) is 2. The van der Waals surface area contributed by atoms with Crippen LogP contribution in [0.5, 0.6) is 0 Å². The molecule has 1 aliphatic rings. The highest BCUT2D eigenvalue weighted by Crippen LogP contribution is 2.20. The summed E-state index contributed by atoms with van der Waals surface area (Å²) in [7, 11) is 1.45. The fourth-order valence-electron chi connectivity index (χ4n) is 2.31. The quantitative estimate of drug-likeness (QED) is 0.758. The van der Waals surface area contributed by atoms with Crippen LogP contribution in [0.25, 0.3) is 0 Å². The second-order valence-electron chi connectivity index (χ2n) is 6.54. The van der Waals surface area contributed by atoms with Gasteiger partial charge in [-0.1, -0.05) is 26.0 Å². The molecular formula is C14H24N4O4. The summed E-state index contributed by atoms with van der Waals surface area (Å²) in [4.78, 5) is 11.6. The zero-order valence-corrected chi connectivity index (χ0v) is 13.4. The molecule has 124 valence electrons. The Morgan fingerprint density at radius 1 is 1.59 bits per heavy atom. The number of amides is 1. The summed E-state index contributed by atoms with van der Waals surface area (Å²) in [5.41, 5.74) is 0.798. The van der Waals surface area contributed by atoms with Crippen molar-refractivity contribution in [3.8, 4) is 0 Å². The Balaban J connectivity index is 2.01. The van der Waals surface area contributed by atoms with E-state index in [0.717, 1.165) is 5.69 Å². The van der Waals surface area contributed by atoms with E-state index < -0.39 is 12.1 Å². The molecule has 2 N–H and O–H groups in total. The summed E-state index contributed by atoms with van der Waals surface area (Å²) in [6.45, 7) is 6.73. The van der Waals surface area contributed by atoms with Crippen LogP contribution >= 0.6 is 0 Å². The van der Waals surface area contributed by atoms with Gasteiger partial charge in [-0.25, -0.2) is 4.68 Å². The van der Waals surface area contributed by atoms with Crippen LogP contribution < -0.4 is 5.32 Å². The molecule has 0 spiro atoms. The van der Waals surface area contributed by atoms with Gasteiger partial charge in [0.05, 0.1) is 31.0 Å². The third-order valence-electron chi connectivity index (χ3n) is 3.57. The van der Waals surface area contributed by atoms with Gasteiger partial charge in [-0.3, -0.25) is 4.79 Å². The van der Waals surface area contributed by atoms with E-state index in [0.29, 0.717) is 6.54 Å². The van der Waals surface area contributed by atoms with Crippen molar-refractivity contribution in [1.82, 2.24) is 20.3 Å². The summed E-state index contributed by atoms with van der Waals surface area (Å²) < 4.78 is 12.0. The van der Waals surface area contributed by atoms with Crippen LogP contribution in [0.3, 0.4) is 0 Å². The van der Waals surface area contributed by atoms with Gasteiger partial charge in [-0.15, -0.1) is 5.10 Å². The van der Waals surface area contributed by atoms with Crippen LogP contribution in [-0.4, -0.2) is 64.6 Å². The van der Waals surface area contributed by atoms with E-state index in [1.54, 1.807) is 4.68 Å². The fraction of sp³-hybridized carbons (Fsp3) is 0.786. The Labute approximate surface area is 129 Å². The number of rotatable bonds is 5. The van der Waals surface area contributed by atoms with Crippen molar-refractivity contribution in [3.05, 3.63) is 11.9 Å². The second-order valence-corrected chi connectivity index (χ2v) is 6.54. The van der Waals surface area contributed by atoms with E-state index in [1.165, 1.54) is 7.11 Å². The summed E-state index contributed by atoms with van der Waals surface area (Å²) in [5, 5.41) is 20.9. The molecule has 0 aliphatic carbocycles. The van der Waals surface area contributed by atoms with Gasteiger partial charge in [0.15, 0.2) is 0 Å². The zero-order chi connectivity index (χ0) is 16.3.